The predicted octanol–water partition coefficient (Wildman–Crippen LogP) is 6.05. The van der Waals surface area contributed by atoms with Gasteiger partial charge in [-0.3, -0.25) is 4.57 Å². The lowest BCUT2D eigenvalue weighted by atomic mass is 9.93. The summed E-state index contributed by atoms with van der Waals surface area (Å²) in [5.74, 6) is -2.09. The van der Waals surface area contributed by atoms with Crippen LogP contribution < -0.4 is 5.32 Å². The van der Waals surface area contributed by atoms with E-state index in [0.717, 1.165) is 11.1 Å². The lowest BCUT2D eigenvalue weighted by molar-refractivity contribution is -0.140. The summed E-state index contributed by atoms with van der Waals surface area (Å²) in [6, 6.07) is 16.9. The molecule has 2 aromatic rings. The second-order valence-corrected chi connectivity index (χ2v) is 12.6. The number of rotatable bonds is 11. The van der Waals surface area contributed by atoms with Crippen LogP contribution in [0.2, 0.25) is 0 Å². The van der Waals surface area contributed by atoms with Gasteiger partial charge in [0, 0.05) is 5.92 Å². The number of amides is 1. The monoisotopic (exact) mass is 519 g/mol. The van der Waals surface area contributed by atoms with Crippen LogP contribution in [0.4, 0.5) is 4.79 Å². The Bertz CT molecular complexity index is 1010. The average molecular weight is 520 g/mol. The van der Waals surface area contributed by atoms with Gasteiger partial charge in [0.25, 0.3) is 0 Å². The number of carbonyl (C=O) groups is 2. The van der Waals surface area contributed by atoms with Gasteiger partial charge in [-0.1, -0.05) is 60.7 Å². The third-order valence-corrected chi connectivity index (χ3v) is 7.42. The highest BCUT2D eigenvalue weighted by molar-refractivity contribution is 7.53. The van der Waals surface area contributed by atoms with Crippen molar-refractivity contribution >= 4 is 19.7 Å². The Morgan fingerprint density at radius 2 is 1.33 bits per heavy atom. The molecule has 2 N–H and O–H groups in total. The van der Waals surface area contributed by atoms with E-state index in [1.54, 1.807) is 53.7 Å². The van der Waals surface area contributed by atoms with Crippen LogP contribution in [0.5, 0.6) is 0 Å². The maximum absolute atomic E-state index is 14.0. The van der Waals surface area contributed by atoms with Crippen molar-refractivity contribution in [2.24, 2.45) is 5.92 Å². The van der Waals surface area contributed by atoms with E-state index < -0.39 is 42.8 Å². The van der Waals surface area contributed by atoms with E-state index >= 15 is 0 Å². The molecule has 2 atom stereocenters. The van der Waals surface area contributed by atoms with Gasteiger partial charge in [-0.2, -0.15) is 0 Å². The molecule has 36 heavy (non-hydrogen) atoms. The molecule has 0 saturated carbocycles. The van der Waals surface area contributed by atoms with Crippen molar-refractivity contribution in [1.82, 2.24) is 5.32 Å². The molecule has 0 aromatic heterocycles. The van der Waals surface area contributed by atoms with Gasteiger partial charge < -0.3 is 24.2 Å². The number of nitrogens with one attached hydrogen (secondary N) is 1. The van der Waals surface area contributed by atoms with Crippen LogP contribution in [0.25, 0.3) is 0 Å². The second-order valence-electron chi connectivity index (χ2n) is 10.7. The maximum Gasteiger partial charge on any atom is 0.408 e. The Kier molecular flexibility index (Phi) is 10.3. The Balaban J connectivity index is 2.33. The van der Waals surface area contributed by atoms with E-state index in [2.05, 4.69) is 5.32 Å². The van der Waals surface area contributed by atoms with Gasteiger partial charge in [0.2, 0.25) is 0 Å². The first kappa shape index (κ1) is 29.6. The minimum atomic E-state index is -3.81. The number of alkyl carbamates (subject to hydrolysis) is 1. The summed E-state index contributed by atoms with van der Waals surface area (Å²) in [5.41, 5.74) is -0.0224. The molecule has 2 rings (SSSR count). The van der Waals surface area contributed by atoms with Crippen molar-refractivity contribution in [3.8, 4) is 0 Å². The highest BCUT2D eigenvalue weighted by Gasteiger charge is 2.42. The summed E-state index contributed by atoms with van der Waals surface area (Å²) in [5, 5.41) is 12.5. The number of hydrogen-bond donors (Lipinski definition) is 2. The molecule has 2 aromatic carbocycles. The van der Waals surface area contributed by atoms with E-state index in [0.29, 0.717) is 0 Å². The van der Waals surface area contributed by atoms with Crippen molar-refractivity contribution in [3.63, 3.8) is 0 Å². The minimum Gasteiger partial charge on any atom is -0.480 e. The number of hydrogen-bond acceptors (Lipinski definition) is 6. The fourth-order valence-electron chi connectivity index (χ4n) is 3.69. The van der Waals surface area contributed by atoms with Crippen molar-refractivity contribution in [2.75, 3.05) is 6.16 Å². The third-order valence-electron chi connectivity index (χ3n) is 4.85. The third kappa shape index (κ3) is 10.9. The average Bonchev–Trinajstić information content (AvgIpc) is 2.74. The number of carboxylic acids is 1. The molecule has 0 bridgehead atoms. The first-order valence-corrected chi connectivity index (χ1v) is 13.6. The summed E-state index contributed by atoms with van der Waals surface area (Å²) >= 11 is 0. The number of benzene rings is 2. The summed E-state index contributed by atoms with van der Waals surface area (Å²) in [4.78, 5) is 24.9. The summed E-state index contributed by atoms with van der Waals surface area (Å²) in [6.45, 7) is 10.5. The predicted molar refractivity (Wildman–Crippen MR) is 139 cm³/mol. The first-order chi connectivity index (χ1) is 16.7. The summed E-state index contributed by atoms with van der Waals surface area (Å²) in [6.07, 6.45) is -0.874. The van der Waals surface area contributed by atoms with Crippen molar-refractivity contribution in [1.29, 1.82) is 0 Å². The van der Waals surface area contributed by atoms with Crippen molar-refractivity contribution < 1.29 is 33.0 Å². The van der Waals surface area contributed by atoms with Crippen LogP contribution >= 0.6 is 7.60 Å². The SMILES string of the molecule is CC(C)(C)OP(=O)(C[C@H](Cc1ccccc1)[C@H](NC(=O)OCc1ccccc1)C(=O)O)OC(C)(C)C. The Labute approximate surface area is 213 Å². The molecule has 0 radical (unpaired) electrons. The van der Waals surface area contributed by atoms with Crippen LogP contribution in [0.1, 0.15) is 52.7 Å². The van der Waals surface area contributed by atoms with E-state index in [1.807, 2.05) is 48.5 Å². The minimum absolute atomic E-state index is 0.0128. The number of aliphatic carboxylic acids is 1. The molecule has 8 nitrogen and oxygen atoms in total. The van der Waals surface area contributed by atoms with Gasteiger partial charge in [0.15, 0.2) is 0 Å². The molecule has 0 aliphatic heterocycles. The van der Waals surface area contributed by atoms with Gasteiger partial charge in [0.1, 0.15) is 12.6 Å². The quantitative estimate of drug-likeness (QED) is 0.348. The molecule has 9 heteroatoms. The smallest absolute Gasteiger partial charge is 0.408 e. The fourth-order valence-corrected chi connectivity index (χ4v) is 6.46. The molecule has 0 unspecified atom stereocenters. The zero-order chi connectivity index (χ0) is 27.0. The number of carboxylic acid groups (broad SMARTS) is 1. The Morgan fingerprint density at radius 3 is 1.78 bits per heavy atom. The van der Waals surface area contributed by atoms with E-state index in [1.165, 1.54) is 0 Å². The number of carbonyl (C=O) groups excluding carboxylic acids is 1. The Morgan fingerprint density at radius 1 is 0.861 bits per heavy atom. The van der Waals surface area contributed by atoms with Gasteiger partial charge in [-0.25, -0.2) is 9.59 Å². The van der Waals surface area contributed by atoms with Crippen LogP contribution in [0, 0.1) is 5.92 Å². The van der Waals surface area contributed by atoms with Gasteiger partial charge in [0.05, 0.1) is 17.4 Å². The van der Waals surface area contributed by atoms with E-state index in [9.17, 15) is 19.3 Å². The highest BCUT2D eigenvalue weighted by Crippen LogP contribution is 2.56. The molecule has 0 spiro atoms. The van der Waals surface area contributed by atoms with Crippen molar-refractivity contribution in [2.45, 2.75) is 71.8 Å². The van der Waals surface area contributed by atoms with Gasteiger partial charge >= 0.3 is 19.7 Å². The molecular weight excluding hydrogens is 481 g/mol. The second kappa shape index (κ2) is 12.5. The lowest BCUT2D eigenvalue weighted by Crippen LogP contribution is -2.48. The fraction of sp³-hybridized carbons (Fsp3) is 0.481. The first-order valence-electron chi connectivity index (χ1n) is 11.9. The van der Waals surface area contributed by atoms with Crippen LogP contribution in [0.15, 0.2) is 60.7 Å². The Hall–Kier alpha value is -2.67. The summed E-state index contributed by atoms with van der Waals surface area (Å²) in [7, 11) is -3.81. The van der Waals surface area contributed by atoms with Crippen LogP contribution in [0.3, 0.4) is 0 Å². The largest absolute Gasteiger partial charge is 0.480 e. The van der Waals surface area contributed by atoms with Gasteiger partial charge in [-0.05, 0) is 59.1 Å². The van der Waals surface area contributed by atoms with E-state index in [4.69, 9.17) is 13.8 Å². The van der Waals surface area contributed by atoms with E-state index in [-0.39, 0.29) is 19.2 Å². The maximum atomic E-state index is 14.0. The molecular formula is C27H38NO7P. The molecule has 0 fully saturated rings. The zero-order valence-corrected chi connectivity index (χ0v) is 22.8. The molecule has 0 aliphatic carbocycles. The molecule has 0 aliphatic rings. The van der Waals surface area contributed by atoms with Crippen LogP contribution in [-0.4, -0.2) is 40.6 Å². The lowest BCUT2D eigenvalue weighted by Gasteiger charge is -2.35. The van der Waals surface area contributed by atoms with Crippen molar-refractivity contribution in [3.05, 3.63) is 71.8 Å². The molecule has 0 heterocycles. The number of ether oxygens (including phenoxy) is 1. The summed E-state index contributed by atoms with van der Waals surface area (Å²) < 4.78 is 31.1. The standard InChI is InChI=1S/C27H38NO7P/c1-26(2,3)34-36(32,35-27(4,5)6)19-22(17-20-13-9-7-10-14-20)23(24(29)30)28-25(31)33-18-21-15-11-8-12-16-21/h7-16,22-23H,17-19H2,1-6H3,(H,28,31)(H,29,30)/t22-,23-/m0/s1. The normalized spacial score (nSPS) is 14.1. The molecule has 1 amide bonds. The highest BCUT2D eigenvalue weighted by atomic mass is 31.2. The van der Waals surface area contributed by atoms with Gasteiger partial charge in [-0.15, -0.1) is 0 Å². The molecule has 198 valence electrons. The molecule has 0 saturated heterocycles. The topological polar surface area (TPSA) is 111 Å². The zero-order valence-electron chi connectivity index (χ0n) is 21.9. The van der Waals surface area contributed by atoms with Crippen LogP contribution in [-0.2, 0) is 36.2 Å².